The summed E-state index contributed by atoms with van der Waals surface area (Å²) >= 11 is 0. The summed E-state index contributed by atoms with van der Waals surface area (Å²) in [7, 11) is 0. The Kier molecular flexibility index (Phi) is 3.74. The van der Waals surface area contributed by atoms with Gasteiger partial charge < -0.3 is 10.4 Å². The van der Waals surface area contributed by atoms with E-state index in [-0.39, 0.29) is 17.6 Å². The highest BCUT2D eigenvalue weighted by Gasteiger charge is 2.10. The minimum atomic E-state index is -0.667. The third-order valence-corrected chi connectivity index (χ3v) is 1.77. The molecule has 2 N–H and O–H groups in total. The van der Waals surface area contributed by atoms with Gasteiger partial charge in [-0.2, -0.15) is 5.10 Å². The normalized spacial score (nSPS) is 12.6. The van der Waals surface area contributed by atoms with Gasteiger partial charge >= 0.3 is 0 Å². The van der Waals surface area contributed by atoms with E-state index in [2.05, 4.69) is 15.5 Å². The molecule has 1 heterocycles. The second-order valence-corrected chi connectivity index (χ2v) is 3.65. The number of carbonyl (C=O) groups excluding carboxylic acids is 1. The van der Waals surface area contributed by atoms with Crippen LogP contribution in [0.15, 0.2) is 12.1 Å². The summed E-state index contributed by atoms with van der Waals surface area (Å²) in [4.78, 5) is 11.5. The van der Waals surface area contributed by atoms with Gasteiger partial charge in [0.25, 0.3) is 5.91 Å². The van der Waals surface area contributed by atoms with E-state index in [4.69, 9.17) is 0 Å². The number of aliphatic hydroxyl groups excluding tert-OH is 1. The molecule has 5 heteroatoms. The van der Waals surface area contributed by atoms with Crippen LogP contribution in [-0.2, 0) is 0 Å². The van der Waals surface area contributed by atoms with Gasteiger partial charge in [0.1, 0.15) is 0 Å². The molecule has 0 spiro atoms. The molecule has 0 radical (unpaired) electrons. The molecule has 0 saturated heterocycles. The van der Waals surface area contributed by atoms with E-state index < -0.39 is 6.10 Å². The Balaban J connectivity index is 2.75. The molecule has 0 saturated carbocycles. The third kappa shape index (κ3) is 3.28. The van der Waals surface area contributed by atoms with E-state index in [9.17, 15) is 9.90 Å². The maximum atomic E-state index is 11.5. The Morgan fingerprint density at radius 3 is 2.40 bits per heavy atom. The summed E-state index contributed by atoms with van der Waals surface area (Å²) in [6, 6.07) is 3.20. The summed E-state index contributed by atoms with van der Waals surface area (Å²) in [5.74, 6) is -0.255. The quantitative estimate of drug-likeness (QED) is 0.767. The van der Waals surface area contributed by atoms with Crippen LogP contribution in [0.2, 0.25) is 0 Å². The van der Waals surface area contributed by atoms with Crippen LogP contribution < -0.4 is 5.32 Å². The van der Waals surface area contributed by atoms with Crippen molar-refractivity contribution in [2.24, 2.45) is 0 Å². The zero-order valence-electron chi connectivity index (χ0n) is 9.06. The van der Waals surface area contributed by atoms with Gasteiger partial charge in [0, 0.05) is 6.04 Å². The number of nitrogens with one attached hydrogen (secondary N) is 1. The molecule has 0 aromatic carbocycles. The van der Waals surface area contributed by atoms with E-state index in [0.29, 0.717) is 5.69 Å². The van der Waals surface area contributed by atoms with Gasteiger partial charge in [-0.1, -0.05) is 0 Å². The number of hydrogen-bond donors (Lipinski definition) is 2. The van der Waals surface area contributed by atoms with Crippen molar-refractivity contribution >= 4 is 5.91 Å². The summed E-state index contributed by atoms with van der Waals surface area (Å²) in [6.45, 7) is 5.34. The van der Waals surface area contributed by atoms with Crippen molar-refractivity contribution in [2.45, 2.75) is 32.9 Å². The zero-order valence-corrected chi connectivity index (χ0v) is 9.06. The molecule has 0 aliphatic carbocycles. The average molecular weight is 209 g/mol. The Bertz CT molecular complexity index is 333. The van der Waals surface area contributed by atoms with Crippen molar-refractivity contribution in [2.75, 3.05) is 0 Å². The topological polar surface area (TPSA) is 75.1 Å². The Labute approximate surface area is 88.5 Å². The van der Waals surface area contributed by atoms with Crippen molar-refractivity contribution in [3.05, 3.63) is 23.5 Å². The highest BCUT2D eigenvalue weighted by molar-refractivity contribution is 5.92. The highest BCUT2D eigenvalue weighted by atomic mass is 16.3. The van der Waals surface area contributed by atoms with Crippen molar-refractivity contribution in [3.8, 4) is 0 Å². The summed E-state index contributed by atoms with van der Waals surface area (Å²) in [5.41, 5.74) is 0.712. The van der Waals surface area contributed by atoms with Crippen molar-refractivity contribution in [1.29, 1.82) is 0 Å². The Morgan fingerprint density at radius 2 is 2.00 bits per heavy atom. The van der Waals surface area contributed by atoms with Crippen LogP contribution in [0.25, 0.3) is 0 Å². The summed E-state index contributed by atoms with van der Waals surface area (Å²) < 4.78 is 0. The zero-order chi connectivity index (χ0) is 11.4. The summed E-state index contributed by atoms with van der Waals surface area (Å²) in [5, 5.41) is 19.4. The highest BCUT2D eigenvalue weighted by Crippen LogP contribution is 2.06. The second kappa shape index (κ2) is 4.84. The summed E-state index contributed by atoms with van der Waals surface area (Å²) in [6.07, 6.45) is -0.667. The number of amides is 1. The van der Waals surface area contributed by atoms with E-state index in [0.717, 1.165) is 0 Å². The van der Waals surface area contributed by atoms with Gasteiger partial charge in [0.05, 0.1) is 11.8 Å². The van der Waals surface area contributed by atoms with Crippen LogP contribution in [0, 0.1) is 0 Å². The molecule has 15 heavy (non-hydrogen) atoms. The Hall–Kier alpha value is -1.49. The number of nitrogens with zero attached hydrogens (tertiary/aromatic N) is 2. The SMILES string of the molecule is CC(C)NC(=O)c1ccc(C(C)O)nn1. The first-order chi connectivity index (χ1) is 7.00. The van der Waals surface area contributed by atoms with Crippen LogP contribution in [0.3, 0.4) is 0 Å². The fraction of sp³-hybridized carbons (Fsp3) is 0.500. The van der Waals surface area contributed by atoms with Gasteiger partial charge in [0.15, 0.2) is 5.69 Å². The third-order valence-electron chi connectivity index (χ3n) is 1.77. The predicted octanol–water partition coefficient (Wildman–Crippen LogP) is 0.668. The molecule has 5 nitrogen and oxygen atoms in total. The molecule has 0 fully saturated rings. The molecule has 1 amide bonds. The maximum absolute atomic E-state index is 11.5. The van der Waals surface area contributed by atoms with Gasteiger partial charge in [-0.3, -0.25) is 4.79 Å². The molecular formula is C10H15N3O2. The van der Waals surface area contributed by atoms with Crippen molar-refractivity contribution in [3.63, 3.8) is 0 Å². The van der Waals surface area contributed by atoms with E-state index >= 15 is 0 Å². The molecule has 1 atom stereocenters. The van der Waals surface area contributed by atoms with Crippen molar-refractivity contribution in [1.82, 2.24) is 15.5 Å². The lowest BCUT2D eigenvalue weighted by Gasteiger charge is -2.07. The lowest BCUT2D eigenvalue weighted by Crippen LogP contribution is -2.31. The maximum Gasteiger partial charge on any atom is 0.271 e. The number of aliphatic hydroxyl groups is 1. The van der Waals surface area contributed by atoms with E-state index in [1.165, 1.54) is 0 Å². The lowest BCUT2D eigenvalue weighted by molar-refractivity contribution is 0.0936. The predicted molar refractivity (Wildman–Crippen MR) is 55.3 cm³/mol. The van der Waals surface area contributed by atoms with Gasteiger partial charge in [-0.05, 0) is 32.9 Å². The van der Waals surface area contributed by atoms with Crippen LogP contribution in [0.4, 0.5) is 0 Å². The average Bonchev–Trinajstić information content (AvgIpc) is 2.17. The first-order valence-electron chi connectivity index (χ1n) is 4.83. The first kappa shape index (κ1) is 11.6. The fourth-order valence-corrected chi connectivity index (χ4v) is 1.02. The van der Waals surface area contributed by atoms with Crippen LogP contribution >= 0.6 is 0 Å². The minimum absolute atomic E-state index is 0.0655. The van der Waals surface area contributed by atoms with Crippen LogP contribution in [0.1, 0.15) is 43.1 Å². The largest absolute Gasteiger partial charge is 0.387 e. The van der Waals surface area contributed by atoms with Gasteiger partial charge in [-0.15, -0.1) is 5.10 Å². The molecular weight excluding hydrogens is 194 g/mol. The number of hydrogen-bond acceptors (Lipinski definition) is 4. The second-order valence-electron chi connectivity index (χ2n) is 3.65. The number of rotatable bonds is 3. The van der Waals surface area contributed by atoms with Crippen molar-refractivity contribution < 1.29 is 9.90 Å². The minimum Gasteiger partial charge on any atom is -0.387 e. The number of aromatic nitrogens is 2. The fourth-order valence-electron chi connectivity index (χ4n) is 1.02. The number of carbonyl (C=O) groups is 1. The first-order valence-corrected chi connectivity index (χ1v) is 4.83. The molecule has 0 aliphatic heterocycles. The molecule has 1 aromatic rings. The molecule has 0 bridgehead atoms. The molecule has 0 aliphatic rings. The monoisotopic (exact) mass is 209 g/mol. The molecule has 82 valence electrons. The lowest BCUT2D eigenvalue weighted by atomic mass is 10.2. The van der Waals surface area contributed by atoms with Crippen LogP contribution in [-0.4, -0.2) is 27.3 Å². The van der Waals surface area contributed by atoms with Gasteiger partial charge in [-0.25, -0.2) is 0 Å². The molecule has 1 rings (SSSR count). The van der Waals surface area contributed by atoms with Gasteiger partial charge in [0.2, 0.25) is 0 Å². The molecule has 1 unspecified atom stereocenters. The molecule has 1 aromatic heterocycles. The Morgan fingerprint density at radius 1 is 1.33 bits per heavy atom. The smallest absolute Gasteiger partial charge is 0.271 e. The van der Waals surface area contributed by atoms with E-state index in [1.54, 1.807) is 19.1 Å². The van der Waals surface area contributed by atoms with Crippen LogP contribution in [0.5, 0.6) is 0 Å². The van der Waals surface area contributed by atoms with E-state index in [1.807, 2.05) is 13.8 Å². The standard InChI is InChI=1S/C10H15N3O2/c1-6(2)11-10(15)9-5-4-8(7(3)14)12-13-9/h4-7,14H,1-3H3,(H,11,15).